The van der Waals surface area contributed by atoms with E-state index < -0.39 is 36.7 Å². The van der Waals surface area contributed by atoms with Crippen molar-refractivity contribution in [1.82, 2.24) is 4.90 Å². The van der Waals surface area contributed by atoms with Crippen LogP contribution in [0.2, 0.25) is 0 Å². The lowest BCUT2D eigenvalue weighted by Crippen LogP contribution is -2.53. The molecular formula is C9H13F4NO2. The number of hydrogen-bond acceptors (Lipinski definition) is 2. The minimum atomic E-state index is -4.52. The molecule has 16 heavy (non-hydrogen) atoms. The number of hydrogen-bond donors (Lipinski definition) is 1. The Kier molecular flexibility index (Phi) is 3.47. The Morgan fingerprint density at radius 2 is 2.12 bits per heavy atom. The summed E-state index contributed by atoms with van der Waals surface area (Å²) in [6, 6.07) is -1.90. The Morgan fingerprint density at radius 3 is 2.56 bits per heavy atom. The molecule has 3 nitrogen and oxygen atoms in total. The van der Waals surface area contributed by atoms with E-state index in [4.69, 9.17) is 5.11 Å². The van der Waals surface area contributed by atoms with E-state index in [2.05, 4.69) is 0 Å². The molecule has 94 valence electrons. The van der Waals surface area contributed by atoms with E-state index in [-0.39, 0.29) is 13.0 Å². The molecule has 0 aromatic rings. The molecule has 1 aliphatic rings. The molecular weight excluding hydrogens is 230 g/mol. The number of halogens is 4. The normalized spacial score (nSPS) is 32.7. The van der Waals surface area contributed by atoms with Gasteiger partial charge in [-0.15, -0.1) is 0 Å². The number of carboxylic acid groups (broad SMARTS) is 1. The third-order valence-corrected chi connectivity index (χ3v) is 2.85. The Bertz CT molecular complexity index is 281. The van der Waals surface area contributed by atoms with Crippen molar-refractivity contribution in [1.29, 1.82) is 0 Å². The van der Waals surface area contributed by atoms with E-state index in [0.29, 0.717) is 0 Å². The highest BCUT2D eigenvalue weighted by molar-refractivity contribution is 5.68. The maximum Gasteiger partial charge on any atom is 0.404 e. The van der Waals surface area contributed by atoms with Gasteiger partial charge >= 0.3 is 12.1 Å². The maximum absolute atomic E-state index is 13.9. The smallest absolute Gasteiger partial charge is 0.404 e. The van der Waals surface area contributed by atoms with Crippen LogP contribution in [0.3, 0.4) is 0 Å². The van der Waals surface area contributed by atoms with Gasteiger partial charge in [0.05, 0.1) is 6.42 Å². The van der Waals surface area contributed by atoms with Crippen molar-refractivity contribution in [2.75, 3.05) is 13.6 Å². The number of carboxylic acids is 1. The molecule has 1 heterocycles. The van der Waals surface area contributed by atoms with Gasteiger partial charge in [0.1, 0.15) is 11.7 Å². The van der Waals surface area contributed by atoms with Crippen LogP contribution in [0, 0.1) is 0 Å². The zero-order valence-corrected chi connectivity index (χ0v) is 8.72. The average Bonchev–Trinajstić information content (AvgIpc) is 2.06. The van der Waals surface area contributed by atoms with Gasteiger partial charge in [-0.1, -0.05) is 0 Å². The molecule has 0 aromatic heterocycles. The average molecular weight is 243 g/mol. The first-order chi connectivity index (χ1) is 7.14. The molecule has 0 radical (unpaired) electrons. The monoisotopic (exact) mass is 243 g/mol. The Morgan fingerprint density at radius 1 is 1.56 bits per heavy atom. The van der Waals surface area contributed by atoms with Gasteiger partial charge in [0, 0.05) is 13.0 Å². The van der Waals surface area contributed by atoms with Gasteiger partial charge in [-0.2, -0.15) is 13.2 Å². The molecule has 2 unspecified atom stereocenters. The number of piperidine rings is 1. The first-order valence-electron chi connectivity index (χ1n) is 4.82. The molecule has 0 spiro atoms. The molecule has 0 amide bonds. The third-order valence-electron chi connectivity index (χ3n) is 2.85. The number of nitrogens with zero attached hydrogens (tertiary/aromatic N) is 1. The molecule has 2 atom stereocenters. The van der Waals surface area contributed by atoms with Crippen LogP contribution in [-0.4, -0.2) is 47.5 Å². The highest BCUT2D eigenvalue weighted by Gasteiger charge is 2.51. The van der Waals surface area contributed by atoms with E-state index in [1.807, 2.05) is 0 Å². The number of likely N-dealkylation sites (tertiary alicyclic amines) is 1. The van der Waals surface area contributed by atoms with Crippen molar-refractivity contribution in [2.24, 2.45) is 0 Å². The molecule has 0 aromatic carbocycles. The number of alkyl halides is 4. The fourth-order valence-electron chi connectivity index (χ4n) is 1.93. The van der Waals surface area contributed by atoms with Crippen molar-refractivity contribution in [3.05, 3.63) is 0 Å². The highest BCUT2D eigenvalue weighted by atomic mass is 19.4. The van der Waals surface area contributed by atoms with Gasteiger partial charge in [-0.25, -0.2) is 4.39 Å². The van der Waals surface area contributed by atoms with Crippen LogP contribution in [0.5, 0.6) is 0 Å². The SMILES string of the molecule is CN1CCC(F)(CC(=O)O)CC1C(F)(F)F. The van der Waals surface area contributed by atoms with Crippen molar-refractivity contribution in [3.63, 3.8) is 0 Å². The largest absolute Gasteiger partial charge is 0.481 e. The molecule has 1 rings (SSSR count). The van der Waals surface area contributed by atoms with Gasteiger partial charge in [0.25, 0.3) is 0 Å². The van der Waals surface area contributed by atoms with E-state index in [0.717, 1.165) is 4.90 Å². The molecule has 1 fully saturated rings. The Labute approximate surface area is 90.0 Å². The topological polar surface area (TPSA) is 40.5 Å². The fourth-order valence-corrected chi connectivity index (χ4v) is 1.93. The van der Waals surface area contributed by atoms with Crippen molar-refractivity contribution in [2.45, 2.75) is 37.1 Å². The molecule has 1 N–H and O–H groups in total. The predicted octanol–water partition coefficient (Wildman–Crippen LogP) is 1.83. The zero-order valence-electron chi connectivity index (χ0n) is 8.72. The van der Waals surface area contributed by atoms with Gasteiger partial charge < -0.3 is 5.11 Å². The van der Waals surface area contributed by atoms with Gasteiger partial charge in [0.15, 0.2) is 0 Å². The molecule has 0 bridgehead atoms. The first-order valence-corrected chi connectivity index (χ1v) is 4.82. The van der Waals surface area contributed by atoms with Crippen LogP contribution >= 0.6 is 0 Å². The zero-order chi connectivity index (χ0) is 12.6. The summed E-state index contributed by atoms with van der Waals surface area (Å²) in [6.07, 6.45) is -6.37. The quantitative estimate of drug-likeness (QED) is 0.752. The number of aliphatic carboxylic acids is 1. The lowest BCUT2D eigenvalue weighted by atomic mass is 9.85. The molecule has 7 heteroatoms. The standard InChI is InChI=1S/C9H13F4NO2/c1-14-3-2-8(10,5-7(15)16)4-6(14)9(11,12)13/h6H,2-5H2,1H3,(H,15,16). The number of carbonyl (C=O) groups is 1. The van der Waals surface area contributed by atoms with E-state index in [1.165, 1.54) is 7.05 Å². The van der Waals surface area contributed by atoms with Crippen LogP contribution in [0.15, 0.2) is 0 Å². The van der Waals surface area contributed by atoms with Crippen molar-refractivity contribution < 1.29 is 27.5 Å². The van der Waals surface area contributed by atoms with Crippen molar-refractivity contribution >= 4 is 5.97 Å². The highest BCUT2D eigenvalue weighted by Crippen LogP contribution is 2.39. The van der Waals surface area contributed by atoms with E-state index >= 15 is 0 Å². The Hall–Kier alpha value is -0.850. The summed E-state index contributed by atoms with van der Waals surface area (Å²) in [4.78, 5) is 11.4. The lowest BCUT2D eigenvalue weighted by molar-refractivity contribution is -0.202. The fraction of sp³-hybridized carbons (Fsp3) is 0.889. The van der Waals surface area contributed by atoms with Crippen LogP contribution in [0.1, 0.15) is 19.3 Å². The molecule has 1 saturated heterocycles. The van der Waals surface area contributed by atoms with Gasteiger partial charge in [0.2, 0.25) is 0 Å². The first kappa shape index (κ1) is 13.2. The van der Waals surface area contributed by atoms with Crippen molar-refractivity contribution in [3.8, 4) is 0 Å². The molecule has 0 saturated carbocycles. The van der Waals surface area contributed by atoms with E-state index in [1.54, 1.807) is 0 Å². The second-order valence-electron chi connectivity index (χ2n) is 4.21. The minimum Gasteiger partial charge on any atom is -0.481 e. The summed E-state index contributed by atoms with van der Waals surface area (Å²) in [5.74, 6) is -1.41. The summed E-state index contributed by atoms with van der Waals surface area (Å²) < 4.78 is 51.4. The summed E-state index contributed by atoms with van der Waals surface area (Å²) in [6.45, 7) is -0.0893. The van der Waals surface area contributed by atoms with Gasteiger partial charge in [-0.3, -0.25) is 9.69 Å². The summed E-state index contributed by atoms with van der Waals surface area (Å²) in [5.41, 5.74) is -2.25. The molecule has 1 aliphatic heterocycles. The third kappa shape index (κ3) is 3.07. The summed E-state index contributed by atoms with van der Waals surface area (Å²) >= 11 is 0. The number of rotatable bonds is 2. The minimum absolute atomic E-state index is 0.0893. The predicted molar refractivity (Wildman–Crippen MR) is 47.8 cm³/mol. The lowest BCUT2D eigenvalue weighted by Gasteiger charge is -2.40. The second-order valence-corrected chi connectivity index (χ2v) is 4.21. The second kappa shape index (κ2) is 4.20. The van der Waals surface area contributed by atoms with E-state index in [9.17, 15) is 22.4 Å². The summed E-state index contributed by atoms with van der Waals surface area (Å²) in [5, 5.41) is 8.45. The van der Waals surface area contributed by atoms with Gasteiger partial charge in [-0.05, 0) is 13.5 Å². The van der Waals surface area contributed by atoms with Crippen LogP contribution in [-0.2, 0) is 4.79 Å². The Balaban J connectivity index is 2.77. The van der Waals surface area contributed by atoms with Crippen LogP contribution in [0.25, 0.3) is 0 Å². The summed E-state index contributed by atoms with van der Waals surface area (Å²) in [7, 11) is 1.26. The van der Waals surface area contributed by atoms with Crippen LogP contribution in [0.4, 0.5) is 17.6 Å². The molecule has 0 aliphatic carbocycles. The maximum atomic E-state index is 13.9. The van der Waals surface area contributed by atoms with Crippen LogP contribution < -0.4 is 0 Å².